The van der Waals surface area contributed by atoms with Crippen LogP contribution < -0.4 is 4.74 Å². The molecular weight excluding hydrogens is 406 g/mol. The molecule has 76 valence electrons. The summed E-state index contributed by atoms with van der Waals surface area (Å²) in [6.07, 6.45) is 1.84. The molecule has 0 aliphatic heterocycles. The molecule has 0 radical (unpaired) electrons. The zero-order valence-electron chi connectivity index (χ0n) is 7.72. The van der Waals surface area contributed by atoms with Gasteiger partial charge in [0.25, 0.3) is 0 Å². The van der Waals surface area contributed by atoms with E-state index in [0.717, 1.165) is 25.6 Å². The highest BCUT2D eigenvalue weighted by Gasteiger charge is 2.07. The molecule has 1 aromatic carbocycles. The smallest absolute Gasteiger partial charge is 0.150 e. The summed E-state index contributed by atoms with van der Waals surface area (Å²) in [5.41, 5.74) is 0.697. The molecule has 0 aliphatic carbocycles. The Bertz CT molecular complexity index is 314. The van der Waals surface area contributed by atoms with E-state index in [1.165, 1.54) is 0 Å². The van der Waals surface area contributed by atoms with Gasteiger partial charge in [-0.25, -0.2) is 0 Å². The summed E-state index contributed by atoms with van der Waals surface area (Å²) >= 11 is 4.37. The van der Waals surface area contributed by atoms with Gasteiger partial charge in [-0.1, -0.05) is 6.92 Å². The molecule has 1 aromatic rings. The molecule has 0 saturated heterocycles. The molecule has 1 rings (SSSR count). The third-order valence-corrected chi connectivity index (χ3v) is 3.21. The van der Waals surface area contributed by atoms with Crippen molar-refractivity contribution in [2.45, 2.75) is 13.3 Å². The van der Waals surface area contributed by atoms with Crippen LogP contribution in [0.2, 0.25) is 0 Å². The Hall–Kier alpha value is 0.150. The van der Waals surface area contributed by atoms with Gasteiger partial charge in [0, 0.05) is 5.56 Å². The summed E-state index contributed by atoms with van der Waals surface area (Å²) in [5.74, 6) is 0.888. The second-order valence-corrected chi connectivity index (χ2v) is 5.10. The normalized spacial score (nSPS) is 9.93. The highest BCUT2D eigenvalue weighted by Crippen LogP contribution is 2.28. The van der Waals surface area contributed by atoms with Crippen LogP contribution in [0.15, 0.2) is 12.1 Å². The Morgan fingerprint density at radius 2 is 1.93 bits per heavy atom. The summed E-state index contributed by atoms with van der Waals surface area (Å²) in [4.78, 5) is 10.6. The maximum Gasteiger partial charge on any atom is 0.150 e. The lowest BCUT2D eigenvalue weighted by Gasteiger charge is -2.09. The van der Waals surface area contributed by atoms with Crippen molar-refractivity contribution in [2.24, 2.45) is 0 Å². The van der Waals surface area contributed by atoms with Gasteiger partial charge in [0.1, 0.15) is 12.0 Å². The lowest BCUT2D eigenvalue weighted by molar-refractivity contribution is 0.112. The molecule has 0 bridgehead atoms. The molecule has 0 aliphatic rings. The van der Waals surface area contributed by atoms with Crippen LogP contribution in [-0.4, -0.2) is 12.9 Å². The number of halogens is 2. The average molecular weight is 416 g/mol. The van der Waals surface area contributed by atoms with E-state index in [4.69, 9.17) is 4.74 Å². The van der Waals surface area contributed by atoms with Gasteiger partial charge >= 0.3 is 0 Å². The summed E-state index contributed by atoms with van der Waals surface area (Å²) in [6.45, 7) is 2.78. The van der Waals surface area contributed by atoms with Crippen LogP contribution in [0.1, 0.15) is 23.7 Å². The minimum atomic E-state index is 0.697. The molecular formula is C10H10I2O2. The van der Waals surface area contributed by atoms with E-state index in [2.05, 4.69) is 52.1 Å². The van der Waals surface area contributed by atoms with Gasteiger partial charge in [-0.2, -0.15) is 0 Å². The first-order valence-corrected chi connectivity index (χ1v) is 6.41. The first kappa shape index (κ1) is 12.2. The minimum Gasteiger partial charge on any atom is -0.491 e. The Labute approximate surface area is 111 Å². The topological polar surface area (TPSA) is 26.3 Å². The molecule has 0 atom stereocenters. The van der Waals surface area contributed by atoms with E-state index in [0.29, 0.717) is 12.2 Å². The van der Waals surface area contributed by atoms with Crippen LogP contribution in [0.5, 0.6) is 5.75 Å². The van der Waals surface area contributed by atoms with Crippen molar-refractivity contribution in [3.8, 4) is 5.75 Å². The van der Waals surface area contributed by atoms with E-state index in [-0.39, 0.29) is 0 Å². The van der Waals surface area contributed by atoms with Gasteiger partial charge < -0.3 is 4.74 Å². The van der Waals surface area contributed by atoms with Gasteiger partial charge in [-0.05, 0) is 63.7 Å². The number of aldehydes is 1. The predicted octanol–water partition coefficient (Wildman–Crippen LogP) is 3.50. The maximum atomic E-state index is 10.6. The fourth-order valence-corrected chi connectivity index (χ4v) is 3.12. The van der Waals surface area contributed by atoms with Crippen molar-refractivity contribution < 1.29 is 9.53 Å². The van der Waals surface area contributed by atoms with Gasteiger partial charge in [0.15, 0.2) is 0 Å². The van der Waals surface area contributed by atoms with Gasteiger partial charge in [0.2, 0.25) is 0 Å². The highest BCUT2D eigenvalue weighted by atomic mass is 127. The largest absolute Gasteiger partial charge is 0.491 e. The van der Waals surface area contributed by atoms with Crippen molar-refractivity contribution in [1.82, 2.24) is 0 Å². The third-order valence-electron chi connectivity index (χ3n) is 1.61. The second-order valence-electron chi connectivity index (χ2n) is 2.78. The Morgan fingerprint density at radius 3 is 2.36 bits per heavy atom. The lowest BCUT2D eigenvalue weighted by Crippen LogP contribution is -2.00. The van der Waals surface area contributed by atoms with E-state index in [1.807, 2.05) is 12.1 Å². The molecule has 0 unspecified atom stereocenters. The van der Waals surface area contributed by atoms with Crippen molar-refractivity contribution >= 4 is 51.5 Å². The van der Waals surface area contributed by atoms with Crippen LogP contribution in [0.25, 0.3) is 0 Å². The Morgan fingerprint density at radius 1 is 1.36 bits per heavy atom. The van der Waals surface area contributed by atoms with Crippen LogP contribution in [-0.2, 0) is 0 Å². The van der Waals surface area contributed by atoms with Gasteiger partial charge in [-0.15, -0.1) is 0 Å². The fourth-order valence-electron chi connectivity index (χ4n) is 0.990. The van der Waals surface area contributed by atoms with E-state index >= 15 is 0 Å². The maximum absolute atomic E-state index is 10.6. The quantitative estimate of drug-likeness (QED) is 0.555. The van der Waals surface area contributed by atoms with Crippen molar-refractivity contribution in [2.75, 3.05) is 6.61 Å². The third kappa shape index (κ3) is 3.08. The summed E-state index contributed by atoms with van der Waals surface area (Å²) in [5, 5.41) is 0. The zero-order valence-corrected chi connectivity index (χ0v) is 12.0. The molecule has 0 heterocycles. The molecule has 0 amide bonds. The monoisotopic (exact) mass is 416 g/mol. The summed E-state index contributed by atoms with van der Waals surface area (Å²) in [7, 11) is 0. The molecule has 0 aromatic heterocycles. The number of benzene rings is 1. The van der Waals surface area contributed by atoms with Gasteiger partial charge in [0.05, 0.1) is 13.7 Å². The Balaban J connectivity index is 2.99. The second kappa shape index (κ2) is 5.89. The fraction of sp³-hybridized carbons (Fsp3) is 0.300. The van der Waals surface area contributed by atoms with Gasteiger partial charge in [-0.3, -0.25) is 4.79 Å². The van der Waals surface area contributed by atoms with Crippen molar-refractivity contribution in [3.63, 3.8) is 0 Å². The van der Waals surface area contributed by atoms with Crippen LogP contribution >= 0.6 is 45.2 Å². The highest BCUT2D eigenvalue weighted by molar-refractivity contribution is 14.1. The molecule has 0 spiro atoms. The number of carbonyl (C=O) groups excluding carboxylic acids is 1. The number of carbonyl (C=O) groups is 1. The van der Waals surface area contributed by atoms with Crippen LogP contribution in [0, 0.1) is 7.14 Å². The molecule has 0 N–H and O–H groups in total. The zero-order chi connectivity index (χ0) is 10.6. The summed E-state index contributed by atoms with van der Waals surface area (Å²) in [6, 6.07) is 3.67. The molecule has 0 saturated carbocycles. The minimum absolute atomic E-state index is 0.697. The number of rotatable bonds is 4. The van der Waals surface area contributed by atoms with Crippen molar-refractivity contribution in [3.05, 3.63) is 24.8 Å². The van der Waals surface area contributed by atoms with E-state index in [1.54, 1.807) is 0 Å². The summed E-state index contributed by atoms with van der Waals surface area (Å²) < 4.78 is 7.57. The number of hydrogen-bond acceptors (Lipinski definition) is 2. The average Bonchev–Trinajstić information content (AvgIpc) is 2.16. The first-order chi connectivity index (χ1) is 6.69. The molecule has 2 nitrogen and oxygen atoms in total. The van der Waals surface area contributed by atoms with Crippen LogP contribution in [0.3, 0.4) is 0 Å². The number of ether oxygens (including phenoxy) is 1. The molecule has 4 heteroatoms. The predicted molar refractivity (Wildman–Crippen MR) is 73.0 cm³/mol. The Kier molecular flexibility index (Phi) is 5.14. The lowest BCUT2D eigenvalue weighted by atomic mass is 10.2. The number of hydrogen-bond donors (Lipinski definition) is 0. The van der Waals surface area contributed by atoms with E-state index < -0.39 is 0 Å². The van der Waals surface area contributed by atoms with Crippen molar-refractivity contribution in [1.29, 1.82) is 0 Å². The SMILES string of the molecule is CCCOc1c(I)cc(C=O)cc1I. The molecule has 14 heavy (non-hydrogen) atoms. The van der Waals surface area contributed by atoms with Crippen LogP contribution in [0.4, 0.5) is 0 Å². The van der Waals surface area contributed by atoms with E-state index in [9.17, 15) is 4.79 Å². The first-order valence-electron chi connectivity index (χ1n) is 4.26. The standard InChI is InChI=1S/C10H10I2O2/c1-2-3-14-10-8(11)4-7(6-13)5-9(10)12/h4-6H,2-3H2,1H3. The molecule has 0 fully saturated rings.